The second-order valence-electron chi connectivity index (χ2n) is 5.83. The van der Waals surface area contributed by atoms with Gasteiger partial charge in [0.1, 0.15) is 0 Å². The van der Waals surface area contributed by atoms with Crippen molar-refractivity contribution in [2.45, 2.75) is 62.4 Å². The lowest BCUT2D eigenvalue weighted by Gasteiger charge is -2.23. The van der Waals surface area contributed by atoms with Crippen molar-refractivity contribution in [3.8, 4) is 0 Å². The normalized spacial score (nSPS) is 17.4. The van der Waals surface area contributed by atoms with E-state index in [1.807, 2.05) is 18.5 Å². The number of tetrazole rings is 1. The molecule has 0 aliphatic heterocycles. The van der Waals surface area contributed by atoms with Gasteiger partial charge < -0.3 is 5.73 Å². The number of hydrogen-bond acceptors (Lipinski definition) is 6. The number of carbonyl (C=O) groups is 2. The highest BCUT2D eigenvalue weighted by Gasteiger charge is 2.29. The first-order valence-corrected chi connectivity index (χ1v) is 8.42. The number of aromatic nitrogens is 4. The van der Waals surface area contributed by atoms with Gasteiger partial charge in [0.15, 0.2) is 0 Å². The van der Waals surface area contributed by atoms with Gasteiger partial charge in [-0.15, -0.1) is 5.10 Å². The molecule has 2 rings (SSSR count). The fourth-order valence-electron chi connectivity index (χ4n) is 2.62. The number of nitrogens with zero attached hydrogens (tertiary/aromatic N) is 4. The van der Waals surface area contributed by atoms with Gasteiger partial charge in [0.2, 0.25) is 11.1 Å². The average molecular weight is 326 g/mol. The van der Waals surface area contributed by atoms with Crippen LogP contribution in [0.3, 0.4) is 0 Å². The number of urea groups is 1. The zero-order valence-corrected chi connectivity index (χ0v) is 13.7. The first-order chi connectivity index (χ1) is 10.5. The summed E-state index contributed by atoms with van der Waals surface area (Å²) < 4.78 is 1.82. The number of imide groups is 1. The third-order valence-corrected chi connectivity index (χ3v) is 5.22. The second kappa shape index (κ2) is 7.57. The van der Waals surface area contributed by atoms with E-state index in [1.54, 1.807) is 0 Å². The average Bonchev–Trinajstić information content (AvgIpc) is 2.92. The summed E-state index contributed by atoms with van der Waals surface area (Å²) in [6, 6.07) is -0.554. The van der Waals surface area contributed by atoms with E-state index in [0.29, 0.717) is 11.2 Å². The maximum Gasteiger partial charge on any atom is 0.318 e. The van der Waals surface area contributed by atoms with Gasteiger partial charge in [-0.05, 0) is 29.2 Å². The summed E-state index contributed by atoms with van der Waals surface area (Å²) in [6.45, 7) is 3.82. The standard InChI is InChI=1S/C13H22N6O2S/c1-8(2)10(11(20)15-12(14)21)22-13-16-17-18-19(13)9-6-4-3-5-7-9/h8-10H,3-7H2,1-2H3,(H3,14,15,20,21). The Morgan fingerprint density at radius 2 is 2.00 bits per heavy atom. The molecule has 1 heterocycles. The van der Waals surface area contributed by atoms with Gasteiger partial charge in [0.25, 0.3) is 0 Å². The van der Waals surface area contributed by atoms with Gasteiger partial charge in [-0.2, -0.15) is 0 Å². The van der Waals surface area contributed by atoms with Crippen LogP contribution < -0.4 is 11.1 Å². The lowest BCUT2D eigenvalue weighted by Crippen LogP contribution is -2.42. The molecule has 0 saturated heterocycles. The molecule has 1 saturated carbocycles. The van der Waals surface area contributed by atoms with Crippen LogP contribution in [0.2, 0.25) is 0 Å². The summed E-state index contributed by atoms with van der Waals surface area (Å²) in [5, 5.41) is 14.2. The Labute approximate surface area is 133 Å². The van der Waals surface area contributed by atoms with Gasteiger partial charge in [-0.25, -0.2) is 9.48 Å². The fourth-order valence-corrected chi connectivity index (χ4v) is 3.66. The van der Waals surface area contributed by atoms with E-state index in [2.05, 4.69) is 20.8 Å². The van der Waals surface area contributed by atoms with Crippen LogP contribution in [-0.4, -0.2) is 37.4 Å². The first-order valence-electron chi connectivity index (χ1n) is 7.54. The molecule has 1 aliphatic carbocycles. The molecule has 0 bridgehead atoms. The quantitative estimate of drug-likeness (QED) is 0.792. The number of hydrogen-bond donors (Lipinski definition) is 2. The number of nitrogens with one attached hydrogen (secondary N) is 1. The zero-order valence-electron chi connectivity index (χ0n) is 12.9. The minimum Gasteiger partial charge on any atom is -0.351 e. The van der Waals surface area contributed by atoms with Crippen LogP contribution in [0.1, 0.15) is 52.0 Å². The van der Waals surface area contributed by atoms with Crippen molar-refractivity contribution in [1.82, 2.24) is 25.5 Å². The van der Waals surface area contributed by atoms with E-state index < -0.39 is 17.2 Å². The van der Waals surface area contributed by atoms with Crippen LogP contribution in [0.4, 0.5) is 4.79 Å². The van der Waals surface area contributed by atoms with Crippen molar-refractivity contribution in [1.29, 1.82) is 0 Å². The number of primary amides is 1. The molecular weight excluding hydrogens is 304 g/mol. The predicted octanol–water partition coefficient (Wildman–Crippen LogP) is 1.49. The highest BCUT2D eigenvalue weighted by Crippen LogP contribution is 2.33. The van der Waals surface area contributed by atoms with Crippen molar-refractivity contribution in [3.05, 3.63) is 0 Å². The lowest BCUT2D eigenvalue weighted by atomic mass is 9.96. The Balaban J connectivity index is 2.11. The highest BCUT2D eigenvalue weighted by atomic mass is 32.2. The summed E-state index contributed by atoms with van der Waals surface area (Å²) >= 11 is 1.28. The Hall–Kier alpha value is -1.64. The molecule has 1 fully saturated rings. The topological polar surface area (TPSA) is 116 Å². The molecule has 9 heteroatoms. The molecule has 1 unspecified atom stereocenters. The highest BCUT2D eigenvalue weighted by molar-refractivity contribution is 8.00. The molecule has 1 aliphatic rings. The van der Waals surface area contributed by atoms with Crippen molar-refractivity contribution in [3.63, 3.8) is 0 Å². The van der Waals surface area contributed by atoms with Crippen LogP contribution >= 0.6 is 11.8 Å². The second-order valence-corrected chi connectivity index (χ2v) is 6.94. The van der Waals surface area contributed by atoms with Gasteiger partial charge in [0.05, 0.1) is 11.3 Å². The van der Waals surface area contributed by atoms with Crippen molar-refractivity contribution >= 4 is 23.7 Å². The SMILES string of the molecule is CC(C)C(Sc1nnnn1C1CCCCC1)C(=O)NC(N)=O. The maximum absolute atomic E-state index is 12.1. The van der Waals surface area contributed by atoms with Crippen LogP contribution in [0.25, 0.3) is 0 Å². The molecule has 1 aromatic heterocycles. The van der Waals surface area contributed by atoms with Gasteiger partial charge >= 0.3 is 6.03 Å². The minimum absolute atomic E-state index is 0.0147. The Morgan fingerprint density at radius 3 is 2.59 bits per heavy atom. The number of amides is 3. The Kier molecular flexibility index (Phi) is 5.76. The summed E-state index contributed by atoms with van der Waals surface area (Å²) in [6.07, 6.45) is 5.70. The number of thioether (sulfide) groups is 1. The zero-order chi connectivity index (χ0) is 16.1. The molecule has 0 spiro atoms. The summed E-state index contributed by atoms with van der Waals surface area (Å²) in [5.74, 6) is -0.397. The molecule has 0 radical (unpaired) electrons. The summed E-state index contributed by atoms with van der Waals surface area (Å²) in [5.41, 5.74) is 5.03. The molecule has 1 atom stereocenters. The van der Waals surface area contributed by atoms with Crippen LogP contribution in [-0.2, 0) is 4.79 Å². The van der Waals surface area contributed by atoms with E-state index in [4.69, 9.17) is 5.73 Å². The Morgan fingerprint density at radius 1 is 1.32 bits per heavy atom. The van der Waals surface area contributed by atoms with Crippen LogP contribution in [0.5, 0.6) is 0 Å². The summed E-state index contributed by atoms with van der Waals surface area (Å²) in [7, 11) is 0. The molecule has 1 aromatic rings. The van der Waals surface area contributed by atoms with Gasteiger partial charge in [-0.1, -0.05) is 44.9 Å². The van der Waals surface area contributed by atoms with Crippen molar-refractivity contribution < 1.29 is 9.59 Å². The van der Waals surface area contributed by atoms with Crippen LogP contribution in [0.15, 0.2) is 5.16 Å². The van der Waals surface area contributed by atoms with Crippen LogP contribution in [0, 0.1) is 5.92 Å². The molecular formula is C13H22N6O2S. The van der Waals surface area contributed by atoms with Gasteiger partial charge in [-0.3, -0.25) is 10.1 Å². The summed E-state index contributed by atoms with van der Waals surface area (Å²) in [4.78, 5) is 23.0. The number of nitrogens with two attached hydrogens (primary N) is 1. The van der Waals surface area contributed by atoms with E-state index >= 15 is 0 Å². The molecule has 122 valence electrons. The van der Waals surface area contributed by atoms with E-state index in [0.717, 1.165) is 12.8 Å². The molecule has 22 heavy (non-hydrogen) atoms. The fraction of sp³-hybridized carbons (Fsp3) is 0.769. The third-order valence-electron chi connectivity index (χ3n) is 3.73. The maximum atomic E-state index is 12.1. The smallest absolute Gasteiger partial charge is 0.318 e. The van der Waals surface area contributed by atoms with E-state index in [-0.39, 0.29) is 5.92 Å². The molecule has 3 N–H and O–H groups in total. The Bertz CT molecular complexity index is 526. The lowest BCUT2D eigenvalue weighted by molar-refractivity contribution is -0.120. The largest absolute Gasteiger partial charge is 0.351 e. The van der Waals surface area contributed by atoms with Gasteiger partial charge in [0, 0.05) is 0 Å². The minimum atomic E-state index is -0.844. The number of carbonyl (C=O) groups excluding carboxylic acids is 2. The van der Waals surface area contributed by atoms with Crippen molar-refractivity contribution in [2.24, 2.45) is 11.7 Å². The third kappa shape index (κ3) is 4.19. The number of rotatable bonds is 5. The first kappa shape index (κ1) is 16.7. The molecule has 8 nitrogen and oxygen atoms in total. The molecule has 0 aromatic carbocycles. The van der Waals surface area contributed by atoms with E-state index in [1.165, 1.54) is 31.0 Å². The molecule has 3 amide bonds. The monoisotopic (exact) mass is 326 g/mol. The van der Waals surface area contributed by atoms with Crippen molar-refractivity contribution in [2.75, 3.05) is 0 Å². The van der Waals surface area contributed by atoms with E-state index in [9.17, 15) is 9.59 Å². The predicted molar refractivity (Wildman–Crippen MR) is 82.1 cm³/mol.